The van der Waals surface area contributed by atoms with Gasteiger partial charge in [0.1, 0.15) is 5.71 Å². The summed E-state index contributed by atoms with van der Waals surface area (Å²) in [6.45, 7) is 0.664. The fourth-order valence-corrected chi connectivity index (χ4v) is 4.12. The van der Waals surface area contributed by atoms with Gasteiger partial charge >= 0.3 is 0 Å². The Balaban J connectivity index is 1.34. The molecule has 0 aromatic heterocycles. The highest BCUT2D eigenvalue weighted by atomic mass is 16.2. The SMILES string of the molecule is O=C(NCc1cccc(NC(=O)C2CCCC2)c1)C1=NN(Cc2ccccc2)C(=O)CC1. The van der Waals surface area contributed by atoms with Gasteiger partial charge in [0.25, 0.3) is 5.91 Å². The first-order valence-corrected chi connectivity index (χ1v) is 11.2. The second-order valence-electron chi connectivity index (χ2n) is 8.34. The Hall–Kier alpha value is -3.48. The van der Waals surface area contributed by atoms with Crippen LogP contribution in [0.2, 0.25) is 0 Å². The van der Waals surface area contributed by atoms with Crippen molar-refractivity contribution in [3.63, 3.8) is 0 Å². The summed E-state index contributed by atoms with van der Waals surface area (Å²) in [5.41, 5.74) is 2.94. The Morgan fingerprint density at radius 3 is 2.50 bits per heavy atom. The maximum Gasteiger partial charge on any atom is 0.267 e. The average Bonchev–Trinajstić information content (AvgIpc) is 3.35. The van der Waals surface area contributed by atoms with E-state index in [9.17, 15) is 14.4 Å². The summed E-state index contributed by atoms with van der Waals surface area (Å²) in [6, 6.07) is 17.1. The van der Waals surface area contributed by atoms with Crippen LogP contribution in [0.25, 0.3) is 0 Å². The third kappa shape index (κ3) is 5.60. The van der Waals surface area contributed by atoms with Crippen LogP contribution in [-0.4, -0.2) is 28.4 Å². The number of hydrogen-bond acceptors (Lipinski definition) is 4. The zero-order chi connectivity index (χ0) is 22.3. The molecule has 1 aliphatic carbocycles. The third-order valence-corrected chi connectivity index (χ3v) is 5.92. The smallest absolute Gasteiger partial charge is 0.267 e. The molecule has 0 spiro atoms. The normalized spacial score (nSPS) is 16.6. The summed E-state index contributed by atoms with van der Waals surface area (Å²) >= 11 is 0. The molecule has 4 rings (SSSR count). The molecule has 32 heavy (non-hydrogen) atoms. The molecule has 0 radical (unpaired) electrons. The Morgan fingerprint density at radius 2 is 1.72 bits per heavy atom. The summed E-state index contributed by atoms with van der Waals surface area (Å²) in [7, 11) is 0. The largest absolute Gasteiger partial charge is 0.347 e. The highest BCUT2D eigenvalue weighted by Crippen LogP contribution is 2.26. The summed E-state index contributed by atoms with van der Waals surface area (Å²) in [6.07, 6.45) is 4.72. The van der Waals surface area contributed by atoms with Crippen molar-refractivity contribution >= 4 is 29.1 Å². The van der Waals surface area contributed by atoms with Gasteiger partial charge in [0.2, 0.25) is 11.8 Å². The number of anilines is 1. The van der Waals surface area contributed by atoms with Crippen LogP contribution in [0.3, 0.4) is 0 Å². The lowest BCUT2D eigenvalue weighted by molar-refractivity contribution is -0.132. The van der Waals surface area contributed by atoms with E-state index in [0.29, 0.717) is 25.2 Å². The molecule has 2 aliphatic rings. The van der Waals surface area contributed by atoms with Crippen molar-refractivity contribution < 1.29 is 14.4 Å². The minimum Gasteiger partial charge on any atom is -0.347 e. The standard InChI is InChI=1S/C25H28N4O3/c30-23-14-13-22(28-29(23)17-18-7-2-1-3-8-18)25(32)26-16-19-9-6-12-21(15-19)27-24(31)20-10-4-5-11-20/h1-3,6-9,12,15,20H,4-5,10-11,13-14,16-17H2,(H,26,32)(H,27,31). The minimum absolute atomic E-state index is 0.0726. The van der Waals surface area contributed by atoms with E-state index in [1.54, 1.807) is 0 Å². The molecule has 166 valence electrons. The summed E-state index contributed by atoms with van der Waals surface area (Å²) in [4.78, 5) is 37.2. The minimum atomic E-state index is -0.282. The van der Waals surface area contributed by atoms with Crippen LogP contribution in [0, 0.1) is 5.92 Å². The molecular weight excluding hydrogens is 404 g/mol. The fourth-order valence-electron chi connectivity index (χ4n) is 4.12. The van der Waals surface area contributed by atoms with E-state index in [2.05, 4.69) is 15.7 Å². The van der Waals surface area contributed by atoms with E-state index in [-0.39, 0.29) is 30.1 Å². The van der Waals surface area contributed by atoms with Crippen molar-refractivity contribution in [3.05, 3.63) is 65.7 Å². The highest BCUT2D eigenvalue weighted by molar-refractivity contribution is 6.39. The molecule has 0 unspecified atom stereocenters. The van der Waals surface area contributed by atoms with Crippen molar-refractivity contribution in [1.29, 1.82) is 0 Å². The highest BCUT2D eigenvalue weighted by Gasteiger charge is 2.25. The number of hydrazone groups is 1. The van der Waals surface area contributed by atoms with Gasteiger partial charge in [-0.1, -0.05) is 55.3 Å². The average molecular weight is 433 g/mol. The van der Waals surface area contributed by atoms with Gasteiger partial charge < -0.3 is 10.6 Å². The topological polar surface area (TPSA) is 90.9 Å². The zero-order valence-electron chi connectivity index (χ0n) is 18.0. The van der Waals surface area contributed by atoms with E-state index in [1.165, 1.54) is 5.01 Å². The molecule has 1 heterocycles. The van der Waals surface area contributed by atoms with E-state index in [0.717, 1.165) is 42.5 Å². The molecule has 0 atom stereocenters. The molecule has 7 heteroatoms. The van der Waals surface area contributed by atoms with E-state index < -0.39 is 0 Å². The summed E-state index contributed by atoms with van der Waals surface area (Å²) < 4.78 is 0. The number of nitrogens with zero attached hydrogens (tertiary/aromatic N) is 2. The molecule has 0 saturated heterocycles. The molecule has 2 aromatic rings. The first kappa shape index (κ1) is 21.7. The van der Waals surface area contributed by atoms with Gasteiger partial charge in [-0.05, 0) is 36.1 Å². The van der Waals surface area contributed by atoms with Crippen molar-refractivity contribution in [2.45, 2.75) is 51.6 Å². The molecule has 3 amide bonds. The molecular formula is C25H28N4O3. The molecule has 7 nitrogen and oxygen atoms in total. The van der Waals surface area contributed by atoms with Crippen LogP contribution in [0.5, 0.6) is 0 Å². The lowest BCUT2D eigenvalue weighted by atomic mass is 10.1. The predicted molar refractivity (Wildman–Crippen MR) is 123 cm³/mol. The van der Waals surface area contributed by atoms with Crippen LogP contribution in [0.1, 0.15) is 49.7 Å². The first-order chi connectivity index (χ1) is 15.6. The molecule has 1 aliphatic heterocycles. The van der Waals surface area contributed by atoms with Crippen LogP contribution in [0.4, 0.5) is 5.69 Å². The summed E-state index contributed by atoms with van der Waals surface area (Å²) in [5.74, 6) is -0.195. The monoisotopic (exact) mass is 432 g/mol. The van der Waals surface area contributed by atoms with E-state index >= 15 is 0 Å². The number of nitrogens with one attached hydrogen (secondary N) is 2. The Kier molecular flexibility index (Phi) is 6.94. The van der Waals surface area contributed by atoms with Gasteiger partial charge in [-0.15, -0.1) is 0 Å². The zero-order valence-corrected chi connectivity index (χ0v) is 18.0. The number of amides is 3. The van der Waals surface area contributed by atoms with Crippen LogP contribution in [-0.2, 0) is 27.5 Å². The number of benzene rings is 2. The molecule has 1 fully saturated rings. The molecule has 0 bridgehead atoms. The van der Waals surface area contributed by atoms with Crippen LogP contribution in [0.15, 0.2) is 59.7 Å². The van der Waals surface area contributed by atoms with Gasteiger partial charge in [-0.25, -0.2) is 5.01 Å². The van der Waals surface area contributed by atoms with E-state index in [1.807, 2.05) is 54.6 Å². The van der Waals surface area contributed by atoms with Crippen LogP contribution < -0.4 is 10.6 Å². The second kappa shape index (κ2) is 10.2. The van der Waals surface area contributed by atoms with Crippen molar-refractivity contribution in [3.8, 4) is 0 Å². The fraction of sp³-hybridized carbons (Fsp3) is 0.360. The maximum absolute atomic E-state index is 12.7. The van der Waals surface area contributed by atoms with Gasteiger partial charge in [0.15, 0.2) is 0 Å². The second-order valence-corrected chi connectivity index (χ2v) is 8.34. The van der Waals surface area contributed by atoms with Crippen molar-refractivity contribution in [2.24, 2.45) is 11.0 Å². The molecule has 1 saturated carbocycles. The quantitative estimate of drug-likeness (QED) is 0.700. The number of rotatable bonds is 7. The van der Waals surface area contributed by atoms with Crippen LogP contribution >= 0.6 is 0 Å². The van der Waals surface area contributed by atoms with Crippen molar-refractivity contribution in [2.75, 3.05) is 5.32 Å². The van der Waals surface area contributed by atoms with Gasteiger partial charge in [-0.2, -0.15) is 5.10 Å². The van der Waals surface area contributed by atoms with Crippen molar-refractivity contribution in [1.82, 2.24) is 10.3 Å². The Morgan fingerprint density at radius 1 is 0.969 bits per heavy atom. The number of carbonyl (C=O) groups excluding carboxylic acids is 3. The third-order valence-electron chi connectivity index (χ3n) is 5.92. The summed E-state index contributed by atoms with van der Waals surface area (Å²) in [5, 5.41) is 11.5. The Labute approximate surface area is 187 Å². The molecule has 2 aromatic carbocycles. The first-order valence-electron chi connectivity index (χ1n) is 11.2. The predicted octanol–water partition coefficient (Wildman–Crippen LogP) is 3.61. The van der Waals surface area contributed by atoms with Gasteiger partial charge in [-0.3, -0.25) is 14.4 Å². The Bertz CT molecular complexity index is 1010. The molecule has 2 N–H and O–H groups in total. The number of hydrogen-bond donors (Lipinski definition) is 2. The number of carbonyl (C=O) groups is 3. The van der Waals surface area contributed by atoms with Gasteiger partial charge in [0.05, 0.1) is 6.54 Å². The lowest BCUT2D eigenvalue weighted by Crippen LogP contribution is -2.38. The maximum atomic E-state index is 12.7. The van der Waals surface area contributed by atoms with E-state index in [4.69, 9.17) is 0 Å². The lowest BCUT2D eigenvalue weighted by Gasteiger charge is -2.23. The van der Waals surface area contributed by atoms with Gasteiger partial charge in [0, 0.05) is 31.0 Å².